The average molecular weight is 479 g/mol. The molecule has 9 heteroatoms. The Morgan fingerprint density at radius 3 is 2.73 bits per heavy atom. The molecule has 0 bridgehead atoms. The predicted molar refractivity (Wildman–Crippen MR) is 111 cm³/mol. The Hall–Kier alpha value is -1.36. The zero-order chi connectivity index (χ0) is 17.9. The van der Waals surface area contributed by atoms with Crippen LogP contribution in [0.2, 0.25) is 0 Å². The second kappa shape index (κ2) is 12.9. The Morgan fingerprint density at radius 1 is 1.35 bits per heavy atom. The van der Waals surface area contributed by atoms with Gasteiger partial charge in [0.25, 0.3) is 0 Å². The molecule has 0 aliphatic carbocycles. The van der Waals surface area contributed by atoms with Crippen LogP contribution in [0.3, 0.4) is 0 Å². The van der Waals surface area contributed by atoms with E-state index in [1.807, 2.05) is 13.0 Å². The summed E-state index contributed by atoms with van der Waals surface area (Å²) >= 11 is 0. The van der Waals surface area contributed by atoms with Crippen LogP contribution in [-0.4, -0.2) is 72.8 Å². The maximum absolute atomic E-state index is 11.4. The molecule has 1 aliphatic rings. The van der Waals surface area contributed by atoms with Gasteiger partial charge in [0.1, 0.15) is 6.26 Å². The Kier molecular flexibility index (Phi) is 11.3. The van der Waals surface area contributed by atoms with Gasteiger partial charge in [0.15, 0.2) is 5.96 Å². The highest BCUT2D eigenvalue weighted by atomic mass is 127. The summed E-state index contributed by atoms with van der Waals surface area (Å²) in [5.74, 6) is 0.775. The van der Waals surface area contributed by atoms with E-state index in [2.05, 4.69) is 32.2 Å². The second-order valence-corrected chi connectivity index (χ2v) is 5.90. The van der Waals surface area contributed by atoms with Crippen LogP contribution in [-0.2, 0) is 16.1 Å². The number of guanidine groups is 1. The molecule has 0 spiro atoms. The number of carbonyl (C=O) groups excluding carboxylic acids is 1. The number of carbonyl (C=O) groups is 1. The van der Waals surface area contributed by atoms with Crippen LogP contribution in [0.5, 0.6) is 0 Å². The van der Waals surface area contributed by atoms with E-state index in [0.29, 0.717) is 26.0 Å². The zero-order valence-corrected chi connectivity index (χ0v) is 18.0. The molecule has 0 unspecified atom stereocenters. The molecule has 1 aliphatic heterocycles. The lowest BCUT2D eigenvalue weighted by atomic mass is 10.3. The number of aliphatic imine (C=N–C) groups is 1. The molecule has 0 amide bonds. The normalized spacial score (nSPS) is 15.5. The summed E-state index contributed by atoms with van der Waals surface area (Å²) in [5.41, 5.74) is 0.966. The van der Waals surface area contributed by atoms with Gasteiger partial charge in [-0.1, -0.05) is 5.16 Å². The number of rotatable bonds is 8. The minimum Gasteiger partial charge on any atom is -0.466 e. The first-order valence-electron chi connectivity index (χ1n) is 9.03. The van der Waals surface area contributed by atoms with Crippen molar-refractivity contribution in [2.75, 3.05) is 45.9 Å². The molecule has 26 heavy (non-hydrogen) atoms. The highest BCUT2D eigenvalue weighted by molar-refractivity contribution is 14.0. The fourth-order valence-corrected chi connectivity index (χ4v) is 2.73. The van der Waals surface area contributed by atoms with Crippen LogP contribution in [0, 0.1) is 0 Å². The predicted octanol–water partition coefficient (Wildman–Crippen LogP) is 1.72. The maximum Gasteiger partial charge on any atom is 0.305 e. The van der Waals surface area contributed by atoms with Crippen LogP contribution in [0.25, 0.3) is 0 Å². The fourth-order valence-electron chi connectivity index (χ4n) is 2.73. The molecule has 0 radical (unpaired) electrons. The minimum absolute atomic E-state index is 0. The van der Waals surface area contributed by atoms with Gasteiger partial charge in [-0.25, -0.2) is 0 Å². The van der Waals surface area contributed by atoms with E-state index < -0.39 is 0 Å². The Bertz CT molecular complexity index is 531. The number of nitrogens with zero attached hydrogens (tertiary/aromatic N) is 4. The lowest BCUT2D eigenvalue weighted by Crippen LogP contribution is -2.52. The quantitative estimate of drug-likeness (QED) is 0.200. The number of hydrogen-bond donors (Lipinski definition) is 1. The van der Waals surface area contributed by atoms with Crippen molar-refractivity contribution in [3.63, 3.8) is 0 Å². The monoisotopic (exact) mass is 479 g/mol. The summed E-state index contributed by atoms with van der Waals surface area (Å²) in [6.45, 7) is 10.3. The van der Waals surface area contributed by atoms with Gasteiger partial charge >= 0.3 is 5.97 Å². The number of nitrogens with one attached hydrogen (secondary N) is 1. The average Bonchev–Trinajstić information content (AvgIpc) is 3.12. The molecular weight excluding hydrogens is 449 g/mol. The van der Waals surface area contributed by atoms with Crippen molar-refractivity contribution in [3.05, 3.63) is 18.0 Å². The Balaban J connectivity index is 0.00000338. The molecular formula is C17H30IN5O3. The molecule has 0 atom stereocenters. The number of esters is 1. The van der Waals surface area contributed by atoms with E-state index in [4.69, 9.17) is 9.26 Å². The standard InChI is InChI=1S/C17H29N5O3.HI/c1-3-18-17(19-8-5-6-16(23)24-4-2)22-11-9-21(10-12-22)14-15-7-13-25-20-15;/h7,13H,3-6,8-12,14H2,1-2H3,(H,18,19);1H. The van der Waals surface area contributed by atoms with Crippen LogP contribution in [0.4, 0.5) is 0 Å². The van der Waals surface area contributed by atoms with E-state index in [1.54, 1.807) is 6.26 Å². The van der Waals surface area contributed by atoms with Crippen molar-refractivity contribution < 1.29 is 14.1 Å². The summed E-state index contributed by atoms with van der Waals surface area (Å²) in [6.07, 6.45) is 2.74. The van der Waals surface area contributed by atoms with E-state index in [9.17, 15) is 4.79 Å². The molecule has 2 rings (SSSR count). The third-order valence-corrected chi connectivity index (χ3v) is 3.99. The molecule has 148 valence electrons. The van der Waals surface area contributed by atoms with Gasteiger partial charge in [0, 0.05) is 58.3 Å². The van der Waals surface area contributed by atoms with Crippen LogP contribution < -0.4 is 5.32 Å². The first-order chi connectivity index (χ1) is 12.2. The fraction of sp³-hybridized carbons (Fsp3) is 0.706. The number of hydrogen-bond acceptors (Lipinski definition) is 6. The first kappa shape index (κ1) is 22.7. The van der Waals surface area contributed by atoms with Gasteiger partial charge in [0.05, 0.1) is 12.3 Å². The third-order valence-electron chi connectivity index (χ3n) is 3.99. The van der Waals surface area contributed by atoms with E-state index in [1.165, 1.54) is 0 Å². The van der Waals surface area contributed by atoms with Gasteiger partial charge < -0.3 is 19.5 Å². The molecule has 0 saturated carbocycles. The molecule has 1 N–H and O–H groups in total. The van der Waals surface area contributed by atoms with Crippen molar-refractivity contribution in [1.29, 1.82) is 0 Å². The van der Waals surface area contributed by atoms with E-state index in [0.717, 1.165) is 50.9 Å². The number of halogens is 1. The lowest BCUT2D eigenvalue weighted by molar-refractivity contribution is -0.143. The smallest absolute Gasteiger partial charge is 0.305 e. The molecule has 0 aromatic carbocycles. The van der Waals surface area contributed by atoms with Crippen molar-refractivity contribution in [2.24, 2.45) is 4.99 Å². The number of piperazine rings is 1. The van der Waals surface area contributed by atoms with Crippen LogP contribution >= 0.6 is 24.0 Å². The van der Waals surface area contributed by atoms with Gasteiger partial charge in [0.2, 0.25) is 0 Å². The summed E-state index contributed by atoms with van der Waals surface area (Å²) in [6, 6.07) is 1.90. The van der Waals surface area contributed by atoms with E-state index in [-0.39, 0.29) is 29.9 Å². The first-order valence-corrected chi connectivity index (χ1v) is 9.03. The van der Waals surface area contributed by atoms with Crippen LogP contribution in [0.1, 0.15) is 32.4 Å². The lowest BCUT2D eigenvalue weighted by Gasteiger charge is -2.36. The van der Waals surface area contributed by atoms with E-state index >= 15 is 0 Å². The molecule has 1 aromatic rings. The number of aromatic nitrogens is 1. The SMILES string of the molecule is CCNC(=NCCCC(=O)OCC)N1CCN(Cc2ccon2)CC1.I. The van der Waals surface area contributed by atoms with Crippen molar-refractivity contribution in [2.45, 2.75) is 33.2 Å². The van der Waals surface area contributed by atoms with Gasteiger partial charge in [-0.15, -0.1) is 24.0 Å². The van der Waals surface area contributed by atoms with Crippen molar-refractivity contribution in [3.8, 4) is 0 Å². The van der Waals surface area contributed by atoms with Crippen molar-refractivity contribution in [1.82, 2.24) is 20.3 Å². The highest BCUT2D eigenvalue weighted by Crippen LogP contribution is 2.07. The summed E-state index contributed by atoms with van der Waals surface area (Å²) in [4.78, 5) is 20.6. The van der Waals surface area contributed by atoms with Crippen LogP contribution in [0.15, 0.2) is 21.8 Å². The largest absolute Gasteiger partial charge is 0.466 e. The molecule has 2 heterocycles. The van der Waals surface area contributed by atoms with Gasteiger partial charge in [-0.3, -0.25) is 14.7 Å². The maximum atomic E-state index is 11.4. The molecule has 1 aromatic heterocycles. The van der Waals surface area contributed by atoms with Gasteiger partial charge in [-0.05, 0) is 20.3 Å². The Morgan fingerprint density at radius 2 is 2.12 bits per heavy atom. The molecule has 8 nitrogen and oxygen atoms in total. The minimum atomic E-state index is -0.149. The molecule has 1 saturated heterocycles. The second-order valence-electron chi connectivity index (χ2n) is 5.90. The third kappa shape index (κ3) is 7.90. The van der Waals surface area contributed by atoms with Gasteiger partial charge in [-0.2, -0.15) is 0 Å². The summed E-state index contributed by atoms with van der Waals surface area (Å²) in [7, 11) is 0. The number of ether oxygens (including phenoxy) is 1. The summed E-state index contributed by atoms with van der Waals surface area (Å²) in [5, 5.41) is 7.31. The zero-order valence-electron chi connectivity index (χ0n) is 15.6. The highest BCUT2D eigenvalue weighted by Gasteiger charge is 2.20. The topological polar surface area (TPSA) is 83.2 Å². The summed E-state index contributed by atoms with van der Waals surface area (Å²) < 4.78 is 9.82. The Labute approximate surface area is 172 Å². The molecule has 1 fully saturated rings. The van der Waals surface area contributed by atoms with Crippen molar-refractivity contribution >= 4 is 35.9 Å².